The molecule has 0 radical (unpaired) electrons. The summed E-state index contributed by atoms with van der Waals surface area (Å²) in [5.74, 6) is 0. The Labute approximate surface area is 82.1 Å². The minimum atomic E-state index is -2.65. The molecule has 5 heteroatoms. The first-order valence-electron chi connectivity index (χ1n) is 3.46. The van der Waals surface area contributed by atoms with Crippen LogP contribution in [0.4, 0.5) is 8.78 Å². The molecule has 1 heterocycles. The molecule has 0 aliphatic carbocycles. The van der Waals surface area contributed by atoms with Crippen LogP contribution in [0.25, 0.3) is 0 Å². The second-order valence-electron chi connectivity index (χ2n) is 2.46. The SMILES string of the molecule is Cc1c(Br)ncc(C=O)c1C(F)F. The zero-order valence-electron chi connectivity index (χ0n) is 6.72. The van der Waals surface area contributed by atoms with Crippen LogP contribution in [0.1, 0.15) is 27.9 Å². The van der Waals surface area contributed by atoms with E-state index in [4.69, 9.17) is 0 Å². The minimum Gasteiger partial charge on any atom is -0.298 e. The van der Waals surface area contributed by atoms with Crippen LogP contribution in [0.2, 0.25) is 0 Å². The van der Waals surface area contributed by atoms with E-state index >= 15 is 0 Å². The van der Waals surface area contributed by atoms with E-state index in [-0.39, 0.29) is 11.1 Å². The zero-order chi connectivity index (χ0) is 10.0. The average Bonchev–Trinajstić information content (AvgIpc) is 2.08. The van der Waals surface area contributed by atoms with Crippen molar-refractivity contribution >= 4 is 22.2 Å². The molecule has 0 bridgehead atoms. The maximum absolute atomic E-state index is 12.4. The lowest BCUT2D eigenvalue weighted by Crippen LogP contribution is -1.99. The van der Waals surface area contributed by atoms with E-state index in [1.165, 1.54) is 6.92 Å². The number of carbonyl (C=O) groups is 1. The number of halogens is 3. The number of aldehydes is 1. The minimum absolute atomic E-state index is 0.0595. The van der Waals surface area contributed by atoms with Gasteiger partial charge >= 0.3 is 0 Å². The molecule has 0 atom stereocenters. The summed E-state index contributed by atoms with van der Waals surface area (Å²) in [7, 11) is 0. The molecule has 0 aromatic carbocycles. The van der Waals surface area contributed by atoms with E-state index in [0.29, 0.717) is 16.5 Å². The highest BCUT2D eigenvalue weighted by Crippen LogP contribution is 2.28. The van der Waals surface area contributed by atoms with Gasteiger partial charge in [0.25, 0.3) is 6.43 Å². The monoisotopic (exact) mass is 249 g/mol. The third-order valence-electron chi connectivity index (χ3n) is 1.69. The van der Waals surface area contributed by atoms with Crippen molar-refractivity contribution in [3.8, 4) is 0 Å². The number of rotatable bonds is 2. The van der Waals surface area contributed by atoms with E-state index in [2.05, 4.69) is 20.9 Å². The lowest BCUT2D eigenvalue weighted by Gasteiger charge is -2.07. The van der Waals surface area contributed by atoms with Crippen LogP contribution < -0.4 is 0 Å². The van der Waals surface area contributed by atoms with Crippen molar-refractivity contribution in [1.29, 1.82) is 0 Å². The van der Waals surface area contributed by atoms with Gasteiger partial charge < -0.3 is 0 Å². The van der Waals surface area contributed by atoms with Crippen LogP contribution in [0, 0.1) is 6.92 Å². The quantitative estimate of drug-likeness (QED) is 0.596. The number of carbonyl (C=O) groups excluding carboxylic acids is 1. The van der Waals surface area contributed by atoms with Gasteiger partial charge in [-0.1, -0.05) is 0 Å². The molecular formula is C8H6BrF2NO. The molecule has 1 aromatic rings. The highest BCUT2D eigenvalue weighted by molar-refractivity contribution is 9.10. The van der Waals surface area contributed by atoms with Gasteiger partial charge in [-0.05, 0) is 28.4 Å². The van der Waals surface area contributed by atoms with Crippen molar-refractivity contribution in [3.63, 3.8) is 0 Å². The molecule has 0 aliphatic heterocycles. The van der Waals surface area contributed by atoms with Gasteiger partial charge in [-0.15, -0.1) is 0 Å². The Morgan fingerprint density at radius 3 is 2.69 bits per heavy atom. The topological polar surface area (TPSA) is 30.0 Å². The number of aromatic nitrogens is 1. The van der Waals surface area contributed by atoms with Crippen LogP contribution >= 0.6 is 15.9 Å². The Hall–Kier alpha value is -0.840. The van der Waals surface area contributed by atoms with Crippen LogP contribution in [-0.4, -0.2) is 11.3 Å². The molecule has 0 saturated carbocycles. The molecule has 70 valence electrons. The standard InChI is InChI=1S/C8H6BrF2NO/c1-4-6(8(10)11)5(3-13)2-12-7(4)9/h2-3,8H,1H3. The second-order valence-corrected chi connectivity index (χ2v) is 3.21. The molecule has 2 nitrogen and oxygen atoms in total. The molecule has 0 aliphatic rings. The van der Waals surface area contributed by atoms with Crippen LogP contribution in [0.5, 0.6) is 0 Å². The highest BCUT2D eigenvalue weighted by Gasteiger charge is 2.17. The van der Waals surface area contributed by atoms with Crippen molar-refractivity contribution in [2.45, 2.75) is 13.3 Å². The van der Waals surface area contributed by atoms with E-state index < -0.39 is 6.43 Å². The highest BCUT2D eigenvalue weighted by atomic mass is 79.9. The van der Waals surface area contributed by atoms with Crippen LogP contribution in [-0.2, 0) is 0 Å². The fourth-order valence-corrected chi connectivity index (χ4v) is 1.32. The van der Waals surface area contributed by atoms with E-state index in [1.807, 2.05) is 0 Å². The molecule has 0 spiro atoms. The van der Waals surface area contributed by atoms with Gasteiger partial charge in [-0.25, -0.2) is 13.8 Å². The summed E-state index contributed by atoms with van der Waals surface area (Å²) in [6.45, 7) is 1.49. The summed E-state index contributed by atoms with van der Waals surface area (Å²) in [4.78, 5) is 14.2. The third-order valence-corrected chi connectivity index (χ3v) is 2.49. The van der Waals surface area contributed by atoms with Gasteiger partial charge in [0.2, 0.25) is 0 Å². The fourth-order valence-electron chi connectivity index (χ4n) is 1.00. The first kappa shape index (κ1) is 10.2. The van der Waals surface area contributed by atoms with Gasteiger partial charge in [0, 0.05) is 17.3 Å². The summed E-state index contributed by atoms with van der Waals surface area (Å²) >= 11 is 3.02. The largest absolute Gasteiger partial charge is 0.298 e. The maximum atomic E-state index is 12.4. The Kier molecular flexibility index (Phi) is 3.08. The van der Waals surface area contributed by atoms with Gasteiger partial charge in [0.1, 0.15) is 4.60 Å². The van der Waals surface area contributed by atoms with Crippen molar-refractivity contribution in [1.82, 2.24) is 4.98 Å². The molecule has 13 heavy (non-hydrogen) atoms. The van der Waals surface area contributed by atoms with Gasteiger partial charge in [-0.3, -0.25) is 4.79 Å². The molecule has 0 N–H and O–H groups in total. The van der Waals surface area contributed by atoms with Crippen molar-refractivity contribution in [3.05, 3.63) is 27.5 Å². The zero-order valence-corrected chi connectivity index (χ0v) is 8.31. The van der Waals surface area contributed by atoms with E-state index in [1.54, 1.807) is 0 Å². The molecule has 0 saturated heterocycles. The molecule has 0 fully saturated rings. The normalized spacial score (nSPS) is 10.5. The Morgan fingerprint density at radius 2 is 2.23 bits per heavy atom. The van der Waals surface area contributed by atoms with Gasteiger partial charge in [0.15, 0.2) is 6.29 Å². The Bertz CT molecular complexity index is 341. The third kappa shape index (κ3) is 1.91. The summed E-state index contributed by atoms with van der Waals surface area (Å²) < 4.78 is 25.2. The number of hydrogen-bond acceptors (Lipinski definition) is 2. The molecule has 0 amide bonds. The van der Waals surface area contributed by atoms with Crippen molar-refractivity contribution in [2.75, 3.05) is 0 Å². The predicted molar refractivity (Wildman–Crippen MR) is 47.0 cm³/mol. The maximum Gasteiger partial charge on any atom is 0.264 e. The Morgan fingerprint density at radius 1 is 1.62 bits per heavy atom. The van der Waals surface area contributed by atoms with Gasteiger partial charge in [0.05, 0.1) is 0 Å². The lowest BCUT2D eigenvalue weighted by atomic mass is 10.1. The molecule has 1 aromatic heterocycles. The smallest absolute Gasteiger partial charge is 0.264 e. The predicted octanol–water partition coefficient (Wildman–Crippen LogP) is 2.90. The number of alkyl halides is 2. The van der Waals surface area contributed by atoms with Crippen molar-refractivity contribution < 1.29 is 13.6 Å². The van der Waals surface area contributed by atoms with Crippen LogP contribution in [0.15, 0.2) is 10.8 Å². The average molecular weight is 250 g/mol. The summed E-state index contributed by atoms with van der Waals surface area (Å²) in [6, 6.07) is 0. The lowest BCUT2D eigenvalue weighted by molar-refractivity contribution is 0.110. The fraction of sp³-hybridized carbons (Fsp3) is 0.250. The van der Waals surface area contributed by atoms with E-state index in [9.17, 15) is 13.6 Å². The van der Waals surface area contributed by atoms with Gasteiger partial charge in [-0.2, -0.15) is 0 Å². The number of nitrogens with zero attached hydrogens (tertiary/aromatic N) is 1. The second kappa shape index (κ2) is 3.91. The van der Waals surface area contributed by atoms with E-state index in [0.717, 1.165) is 6.20 Å². The molecule has 0 unspecified atom stereocenters. The number of pyridine rings is 1. The summed E-state index contributed by atoms with van der Waals surface area (Å²) in [5.41, 5.74) is -0.00725. The first-order chi connectivity index (χ1) is 6.07. The summed E-state index contributed by atoms with van der Waals surface area (Å²) in [5, 5.41) is 0. The number of hydrogen-bond donors (Lipinski definition) is 0. The van der Waals surface area contributed by atoms with Crippen LogP contribution in [0.3, 0.4) is 0 Å². The summed E-state index contributed by atoms with van der Waals surface area (Å²) in [6.07, 6.45) is -1.14. The molecular weight excluding hydrogens is 244 g/mol. The Balaban J connectivity index is 3.41. The van der Waals surface area contributed by atoms with Crippen molar-refractivity contribution in [2.24, 2.45) is 0 Å². The first-order valence-corrected chi connectivity index (χ1v) is 4.25. The molecule has 1 rings (SSSR count).